The molecule has 0 aliphatic heterocycles. The number of ketones is 1. The summed E-state index contributed by atoms with van der Waals surface area (Å²) in [5.41, 5.74) is 2.37. The minimum absolute atomic E-state index is 0.142. The number of esters is 1. The average molecular weight is 310 g/mol. The molecule has 0 heterocycles. The van der Waals surface area contributed by atoms with Crippen LogP contribution in [0.4, 0.5) is 0 Å². The van der Waals surface area contributed by atoms with Gasteiger partial charge in [0.2, 0.25) is 0 Å². The zero-order chi connectivity index (χ0) is 16.7. The maximum Gasteiger partial charge on any atom is 0.316 e. The predicted octanol–water partition coefficient (Wildman–Crippen LogP) is 3.98. The Bertz CT molecular complexity index is 595. The molecule has 0 radical (unpaired) electrons. The fourth-order valence-corrected chi connectivity index (χ4v) is 2.86. The summed E-state index contributed by atoms with van der Waals surface area (Å²) in [6.45, 7) is 1.45. The lowest BCUT2D eigenvalue weighted by molar-refractivity contribution is -0.149. The van der Waals surface area contributed by atoms with Crippen molar-refractivity contribution >= 4 is 11.8 Å². The highest BCUT2D eigenvalue weighted by Crippen LogP contribution is 2.30. The summed E-state index contributed by atoms with van der Waals surface area (Å²) in [5, 5.41) is 0. The number of hydrogen-bond acceptors (Lipinski definition) is 3. The lowest BCUT2D eigenvalue weighted by atomic mass is 9.84. The van der Waals surface area contributed by atoms with Crippen LogP contribution < -0.4 is 0 Å². The van der Waals surface area contributed by atoms with Gasteiger partial charge in [0.25, 0.3) is 0 Å². The van der Waals surface area contributed by atoms with Gasteiger partial charge in [0.05, 0.1) is 7.11 Å². The number of hydrogen-bond donors (Lipinski definition) is 0. The molecule has 0 N–H and O–H groups in total. The first-order valence-corrected chi connectivity index (χ1v) is 7.81. The lowest BCUT2D eigenvalue weighted by Crippen LogP contribution is -2.24. The molecule has 3 heteroatoms. The van der Waals surface area contributed by atoms with Gasteiger partial charge < -0.3 is 4.74 Å². The Morgan fingerprint density at radius 3 is 1.74 bits per heavy atom. The highest BCUT2D eigenvalue weighted by Gasteiger charge is 2.26. The third-order valence-electron chi connectivity index (χ3n) is 4.12. The van der Waals surface area contributed by atoms with E-state index in [0.717, 1.165) is 0 Å². The van der Waals surface area contributed by atoms with Gasteiger partial charge in [-0.2, -0.15) is 0 Å². The van der Waals surface area contributed by atoms with Crippen molar-refractivity contribution in [3.8, 4) is 0 Å². The van der Waals surface area contributed by atoms with E-state index in [2.05, 4.69) is 24.3 Å². The smallest absolute Gasteiger partial charge is 0.316 e. The molecule has 0 aliphatic carbocycles. The van der Waals surface area contributed by atoms with Crippen LogP contribution in [0.3, 0.4) is 0 Å². The second-order valence-electron chi connectivity index (χ2n) is 5.64. The second kappa shape index (κ2) is 8.28. The summed E-state index contributed by atoms with van der Waals surface area (Å²) in [4.78, 5) is 23.5. The number of benzene rings is 2. The van der Waals surface area contributed by atoms with Crippen molar-refractivity contribution in [2.24, 2.45) is 5.92 Å². The number of methoxy groups -OCH3 is 1. The Morgan fingerprint density at radius 1 is 0.870 bits per heavy atom. The molecule has 23 heavy (non-hydrogen) atoms. The van der Waals surface area contributed by atoms with Crippen LogP contribution in [0.25, 0.3) is 0 Å². The molecule has 0 saturated carbocycles. The zero-order valence-corrected chi connectivity index (χ0v) is 13.6. The molecule has 0 aromatic heterocycles. The van der Waals surface area contributed by atoms with E-state index in [1.807, 2.05) is 36.4 Å². The van der Waals surface area contributed by atoms with E-state index in [1.165, 1.54) is 25.2 Å². The molecule has 0 spiro atoms. The maximum atomic E-state index is 11.8. The molecule has 2 aromatic carbocycles. The monoisotopic (exact) mass is 310 g/mol. The van der Waals surface area contributed by atoms with E-state index < -0.39 is 11.9 Å². The molecule has 120 valence electrons. The Labute approximate surface area is 137 Å². The van der Waals surface area contributed by atoms with Gasteiger partial charge in [-0.15, -0.1) is 0 Å². The normalized spacial score (nSPS) is 12.0. The van der Waals surface area contributed by atoms with Crippen LogP contribution in [-0.2, 0) is 14.3 Å². The van der Waals surface area contributed by atoms with Gasteiger partial charge in [0.1, 0.15) is 11.7 Å². The van der Waals surface area contributed by atoms with Crippen molar-refractivity contribution in [1.29, 1.82) is 0 Å². The minimum atomic E-state index is -0.685. The van der Waals surface area contributed by atoms with Crippen LogP contribution in [0.15, 0.2) is 60.7 Å². The van der Waals surface area contributed by atoms with Gasteiger partial charge >= 0.3 is 5.97 Å². The van der Waals surface area contributed by atoms with Crippen LogP contribution in [-0.4, -0.2) is 18.9 Å². The maximum absolute atomic E-state index is 11.8. The molecule has 0 amide bonds. The minimum Gasteiger partial charge on any atom is -0.468 e. The summed E-state index contributed by atoms with van der Waals surface area (Å²) in [7, 11) is 1.32. The molecule has 0 saturated heterocycles. The lowest BCUT2D eigenvalue weighted by Gasteiger charge is -2.20. The summed E-state index contributed by atoms with van der Waals surface area (Å²) in [6.07, 6.45) is 1.20. The Morgan fingerprint density at radius 2 is 1.35 bits per heavy atom. The Kier molecular flexibility index (Phi) is 6.10. The number of Topliss-reactive ketones (excluding diaryl/α,β-unsaturated/α-hetero) is 1. The van der Waals surface area contributed by atoms with E-state index in [9.17, 15) is 9.59 Å². The van der Waals surface area contributed by atoms with Crippen LogP contribution in [0, 0.1) is 5.92 Å². The molecule has 1 unspecified atom stereocenters. The summed E-state index contributed by atoms with van der Waals surface area (Å²) < 4.78 is 4.76. The molecule has 0 fully saturated rings. The first-order chi connectivity index (χ1) is 11.1. The van der Waals surface area contributed by atoms with Crippen molar-refractivity contribution in [2.45, 2.75) is 25.7 Å². The van der Waals surface area contributed by atoms with Crippen LogP contribution in [0.2, 0.25) is 0 Å². The van der Waals surface area contributed by atoms with Crippen molar-refractivity contribution in [2.75, 3.05) is 7.11 Å². The molecule has 1 atom stereocenters. The van der Waals surface area contributed by atoms with Gasteiger partial charge in [0.15, 0.2) is 0 Å². The van der Waals surface area contributed by atoms with Crippen molar-refractivity contribution < 1.29 is 14.3 Å². The van der Waals surface area contributed by atoms with Crippen molar-refractivity contribution in [3.63, 3.8) is 0 Å². The van der Waals surface area contributed by atoms with E-state index >= 15 is 0 Å². The molecular weight excluding hydrogens is 288 g/mol. The highest BCUT2D eigenvalue weighted by atomic mass is 16.5. The first kappa shape index (κ1) is 16.9. The van der Waals surface area contributed by atoms with E-state index in [4.69, 9.17) is 4.74 Å². The Balaban J connectivity index is 2.22. The average Bonchev–Trinajstić information content (AvgIpc) is 2.59. The summed E-state index contributed by atoms with van der Waals surface area (Å²) in [5.74, 6) is -1.12. The van der Waals surface area contributed by atoms with Gasteiger partial charge in [-0.1, -0.05) is 60.7 Å². The van der Waals surface area contributed by atoms with Crippen molar-refractivity contribution in [3.05, 3.63) is 71.8 Å². The van der Waals surface area contributed by atoms with Crippen molar-refractivity contribution in [1.82, 2.24) is 0 Å². The van der Waals surface area contributed by atoms with Crippen LogP contribution >= 0.6 is 0 Å². The quantitative estimate of drug-likeness (QED) is 0.574. The predicted molar refractivity (Wildman–Crippen MR) is 90.1 cm³/mol. The van der Waals surface area contributed by atoms with E-state index in [-0.39, 0.29) is 11.7 Å². The largest absolute Gasteiger partial charge is 0.468 e. The number of carbonyl (C=O) groups excluding carboxylic acids is 2. The molecule has 3 nitrogen and oxygen atoms in total. The number of rotatable bonds is 7. The molecular formula is C20H22O3. The second-order valence-corrected chi connectivity index (χ2v) is 5.64. The third-order valence-corrected chi connectivity index (χ3v) is 4.12. The van der Waals surface area contributed by atoms with Gasteiger partial charge in [-0.05, 0) is 30.9 Å². The number of ether oxygens (including phenoxy) is 1. The fourth-order valence-electron chi connectivity index (χ4n) is 2.86. The van der Waals surface area contributed by atoms with E-state index in [1.54, 1.807) is 0 Å². The summed E-state index contributed by atoms with van der Waals surface area (Å²) in [6, 6.07) is 20.3. The highest BCUT2D eigenvalue weighted by molar-refractivity contribution is 5.97. The fraction of sp³-hybridized carbons (Fsp3) is 0.300. The molecule has 0 aliphatic rings. The van der Waals surface area contributed by atoms with Crippen LogP contribution in [0.1, 0.15) is 36.8 Å². The van der Waals surface area contributed by atoms with Gasteiger partial charge in [0, 0.05) is 5.92 Å². The zero-order valence-electron chi connectivity index (χ0n) is 13.6. The Hall–Kier alpha value is -2.42. The molecule has 2 aromatic rings. The standard InChI is InChI=1S/C20H22O3/c1-15(21)18(20(22)23-2)13-14-19(16-9-5-3-6-10-16)17-11-7-4-8-12-17/h3-12,18-19H,13-14H2,1-2H3. The SMILES string of the molecule is COC(=O)C(CCC(c1ccccc1)c1ccccc1)C(C)=O. The van der Waals surface area contributed by atoms with Gasteiger partial charge in [-0.25, -0.2) is 0 Å². The van der Waals surface area contributed by atoms with Crippen LogP contribution in [0.5, 0.6) is 0 Å². The molecule has 2 rings (SSSR count). The third kappa shape index (κ3) is 4.52. The van der Waals surface area contributed by atoms with Gasteiger partial charge in [-0.3, -0.25) is 9.59 Å². The van der Waals surface area contributed by atoms with E-state index in [0.29, 0.717) is 12.8 Å². The molecule has 0 bridgehead atoms. The first-order valence-electron chi connectivity index (χ1n) is 7.81. The number of carbonyl (C=O) groups is 2. The summed E-state index contributed by atoms with van der Waals surface area (Å²) >= 11 is 0. The topological polar surface area (TPSA) is 43.4 Å².